The van der Waals surface area contributed by atoms with Crippen molar-refractivity contribution in [3.8, 4) is 5.75 Å². The average molecular weight is 376 g/mol. The maximum Gasteiger partial charge on any atom is 0.255 e. The highest BCUT2D eigenvalue weighted by Gasteiger charge is 2.27. The minimum atomic E-state index is -3.66. The number of nitrogens with zero attached hydrogens (tertiary/aromatic N) is 1. The molecule has 0 bridgehead atoms. The number of benzene rings is 2. The Hall–Kier alpha value is -2.42. The van der Waals surface area contributed by atoms with Gasteiger partial charge in [-0.15, -0.1) is 0 Å². The monoisotopic (exact) mass is 376 g/mol. The molecular weight excluding hydrogens is 356 g/mol. The second-order valence-electron chi connectivity index (χ2n) is 5.70. The van der Waals surface area contributed by atoms with Crippen LogP contribution in [0.4, 0.5) is 5.69 Å². The molecule has 1 aliphatic heterocycles. The number of methoxy groups -OCH3 is 1. The van der Waals surface area contributed by atoms with E-state index in [1.165, 1.54) is 29.6 Å². The van der Waals surface area contributed by atoms with Crippen LogP contribution in [-0.4, -0.2) is 52.0 Å². The van der Waals surface area contributed by atoms with Crippen LogP contribution in [0.25, 0.3) is 0 Å². The van der Waals surface area contributed by atoms with Crippen LogP contribution in [0, 0.1) is 0 Å². The van der Waals surface area contributed by atoms with E-state index in [4.69, 9.17) is 9.47 Å². The second kappa shape index (κ2) is 7.86. The number of ether oxygens (including phenoxy) is 2. The summed E-state index contributed by atoms with van der Waals surface area (Å²) in [5.41, 5.74) is 0.770. The Labute approximate surface area is 152 Å². The number of sulfonamides is 1. The number of carbonyl (C=O) groups is 1. The highest BCUT2D eigenvalue weighted by Crippen LogP contribution is 2.29. The molecule has 26 heavy (non-hydrogen) atoms. The molecule has 0 atom stereocenters. The lowest BCUT2D eigenvalue weighted by molar-refractivity contribution is 0.0730. The van der Waals surface area contributed by atoms with Gasteiger partial charge in [0.15, 0.2) is 0 Å². The molecule has 1 heterocycles. The van der Waals surface area contributed by atoms with E-state index in [1.54, 1.807) is 24.3 Å². The Balaban J connectivity index is 1.90. The van der Waals surface area contributed by atoms with Crippen LogP contribution in [0.2, 0.25) is 0 Å². The number of carbonyl (C=O) groups excluding carboxylic acids is 1. The summed E-state index contributed by atoms with van der Waals surface area (Å²) in [6, 6.07) is 13.1. The standard InChI is InChI=1S/C18H20N2O5S/c1-24-17-8-7-15(26(22,23)20-9-11-25-12-10-20)13-16(17)19-18(21)14-5-3-2-4-6-14/h2-8,13H,9-12H2,1H3,(H,19,21). The van der Waals surface area contributed by atoms with Crippen molar-refractivity contribution >= 4 is 21.6 Å². The highest BCUT2D eigenvalue weighted by atomic mass is 32.2. The molecule has 0 unspecified atom stereocenters. The van der Waals surface area contributed by atoms with E-state index in [0.717, 1.165) is 0 Å². The fourth-order valence-electron chi connectivity index (χ4n) is 2.67. The van der Waals surface area contributed by atoms with Crippen LogP contribution >= 0.6 is 0 Å². The number of amides is 1. The van der Waals surface area contributed by atoms with Crippen molar-refractivity contribution in [1.29, 1.82) is 0 Å². The molecule has 1 saturated heterocycles. The van der Waals surface area contributed by atoms with Gasteiger partial charge < -0.3 is 14.8 Å². The van der Waals surface area contributed by atoms with Crippen LogP contribution in [0.1, 0.15) is 10.4 Å². The molecule has 0 radical (unpaired) electrons. The number of hydrogen-bond acceptors (Lipinski definition) is 5. The minimum absolute atomic E-state index is 0.101. The van der Waals surface area contributed by atoms with Gasteiger partial charge >= 0.3 is 0 Å². The Morgan fingerprint density at radius 3 is 2.46 bits per heavy atom. The van der Waals surface area contributed by atoms with Gasteiger partial charge in [-0.2, -0.15) is 4.31 Å². The smallest absolute Gasteiger partial charge is 0.255 e. The number of anilines is 1. The molecule has 1 aliphatic rings. The van der Waals surface area contributed by atoms with Gasteiger partial charge in [0.1, 0.15) is 5.75 Å². The van der Waals surface area contributed by atoms with Crippen molar-refractivity contribution in [2.24, 2.45) is 0 Å². The second-order valence-corrected chi connectivity index (χ2v) is 7.64. The summed E-state index contributed by atoms with van der Waals surface area (Å²) in [6.07, 6.45) is 0. The lowest BCUT2D eigenvalue weighted by atomic mass is 10.2. The Morgan fingerprint density at radius 1 is 1.12 bits per heavy atom. The molecule has 7 nitrogen and oxygen atoms in total. The van der Waals surface area contributed by atoms with Crippen LogP contribution in [0.3, 0.4) is 0 Å². The molecule has 1 fully saturated rings. The predicted molar refractivity (Wildman–Crippen MR) is 97.0 cm³/mol. The van der Waals surface area contributed by atoms with Crippen LogP contribution in [-0.2, 0) is 14.8 Å². The van der Waals surface area contributed by atoms with E-state index in [2.05, 4.69) is 5.32 Å². The molecule has 8 heteroatoms. The molecule has 0 saturated carbocycles. The summed E-state index contributed by atoms with van der Waals surface area (Å²) in [5.74, 6) is 0.0417. The predicted octanol–water partition coefficient (Wildman–Crippen LogP) is 1.97. The fourth-order valence-corrected chi connectivity index (χ4v) is 4.10. The van der Waals surface area contributed by atoms with Crippen molar-refractivity contribution in [3.63, 3.8) is 0 Å². The Kier molecular flexibility index (Phi) is 5.55. The molecule has 0 aromatic heterocycles. The summed E-state index contributed by atoms with van der Waals surface area (Å²) < 4.78 is 37.5. The first-order valence-electron chi connectivity index (χ1n) is 8.15. The van der Waals surface area contributed by atoms with Gasteiger partial charge in [-0.25, -0.2) is 8.42 Å². The Morgan fingerprint density at radius 2 is 1.81 bits per heavy atom. The zero-order chi connectivity index (χ0) is 18.6. The van der Waals surface area contributed by atoms with Gasteiger partial charge in [0.2, 0.25) is 10.0 Å². The first kappa shape index (κ1) is 18.4. The van der Waals surface area contributed by atoms with Gasteiger partial charge in [0.05, 0.1) is 30.9 Å². The normalized spacial score (nSPS) is 15.4. The third kappa shape index (κ3) is 3.87. The van der Waals surface area contributed by atoms with E-state index >= 15 is 0 Å². The van der Waals surface area contributed by atoms with Crippen molar-refractivity contribution in [1.82, 2.24) is 4.31 Å². The molecule has 0 spiro atoms. The lowest BCUT2D eigenvalue weighted by Gasteiger charge is -2.26. The molecule has 1 N–H and O–H groups in total. The number of morpholine rings is 1. The first-order valence-corrected chi connectivity index (χ1v) is 9.59. The number of nitrogens with one attached hydrogen (secondary N) is 1. The van der Waals surface area contributed by atoms with Crippen molar-refractivity contribution < 1.29 is 22.7 Å². The van der Waals surface area contributed by atoms with Gasteiger partial charge in [0.25, 0.3) is 5.91 Å². The van der Waals surface area contributed by atoms with Crippen molar-refractivity contribution in [2.45, 2.75) is 4.90 Å². The van der Waals surface area contributed by atoms with Crippen molar-refractivity contribution in [2.75, 3.05) is 38.7 Å². The molecule has 138 valence electrons. The summed E-state index contributed by atoms with van der Waals surface area (Å²) in [4.78, 5) is 12.5. The highest BCUT2D eigenvalue weighted by molar-refractivity contribution is 7.89. The third-order valence-corrected chi connectivity index (χ3v) is 5.96. The average Bonchev–Trinajstić information content (AvgIpc) is 2.69. The lowest BCUT2D eigenvalue weighted by Crippen LogP contribution is -2.40. The fraction of sp³-hybridized carbons (Fsp3) is 0.278. The van der Waals surface area contributed by atoms with Crippen LogP contribution in [0.15, 0.2) is 53.4 Å². The molecular formula is C18H20N2O5S. The Bertz CT molecular complexity index is 878. The van der Waals surface area contributed by atoms with E-state index in [0.29, 0.717) is 43.3 Å². The largest absolute Gasteiger partial charge is 0.495 e. The third-order valence-electron chi connectivity index (χ3n) is 4.06. The zero-order valence-corrected chi connectivity index (χ0v) is 15.2. The molecule has 0 aliphatic carbocycles. The summed E-state index contributed by atoms with van der Waals surface area (Å²) in [5, 5.41) is 2.72. The van der Waals surface area contributed by atoms with E-state index in [1.807, 2.05) is 6.07 Å². The van der Waals surface area contributed by atoms with Crippen LogP contribution in [0.5, 0.6) is 5.75 Å². The number of hydrogen-bond donors (Lipinski definition) is 1. The van der Waals surface area contributed by atoms with E-state index in [-0.39, 0.29) is 10.8 Å². The summed E-state index contributed by atoms with van der Waals surface area (Å²) in [6.45, 7) is 1.35. The van der Waals surface area contributed by atoms with Crippen molar-refractivity contribution in [3.05, 3.63) is 54.1 Å². The summed E-state index contributed by atoms with van der Waals surface area (Å²) >= 11 is 0. The quantitative estimate of drug-likeness (QED) is 0.862. The zero-order valence-electron chi connectivity index (χ0n) is 14.3. The molecule has 3 rings (SSSR count). The van der Waals surface area contributed by atoms with Gasteiger partial charge in [-0.05, 0) is 30.3 Å². The van der Waals surface area contributed by atoms with Gasteiger partial charge in [0, 0.05) is 18.7 Å². The van der Waals surface area contributed by atoms with Gasteiger partial charge in [-0.1, -0.05) is 18.2 Å². The van der Waals surface area contributed by atoms with E-state index in [9.17, 15) is 13.2 Å². The molecule has 2 aromatic rings. The number of rotatable bonds is 5. The first-order chi connectivity index (χ1) is 12.5. The SMILES string of the molecule is COc1ccc(S(=O)(=O)N2CCOCC2)cc1NC(=O)c1ccccc1. The molecule has 2 aromatic carbocycles. The summed E-state index contributed by atoms with van der Waals surface area (Å²) in [7, 11) is -2.20. The minimum Gasteiger partial charge on any atom is -0.495 e. The van der Waals surface area contributed by atoms with Gasteiger partial charge in [-0.3, -0.25) is 4.79 Å². The van der Waals surface area contributed by atoms with Crippen LogP contribution < -0.4 is 10.1 Å². The maximum atomic E-state index is 12.8. The molecule has 1 amide bonds. The maximum absolute atomic E-state index is 12.8. The van der Waals surface area contributed by atoms with E-state index < -0.39 is 10.0 Å². The topological polar surface area (TPSA) is 84.9 Å².